The molecule has 0 rings (SSSR count). The molecule has 0 aliphatic carbocycles. The van der Waals surface area contributed by atoms with Crippen molar-refractivity contribution in [3.63, 3.8) is 0 Å². The largest absolute Gasteiger partial charge is 0.0864 e. The molecule has 0 aromatic carbocycles. The Morgan fingerprint density at radius 1 is 1.30 bits per heavy atom. The average molecular weight is 368 g/mol. The molecule has 0 amide bonds. The molecule has 0 fully saturated rings. The molecular weight excluding hydrogens is 350 g/mol. The summed E-state index contributed by atoms with van der Waals surface area (Å²) in [4.78, 5) is 0. The number of hydrogen-bond donors (Lipinski definition) is 0. The summed E-state index contributed by atoms with van der Waals surface area (Å²) in [5.74, 6) is 0. The minimum Gasteiger partial charge on any atom is -0.0864 e. The Morgan fingerprint density at radius 2 is 1.70 bits per heavy atom. The Labute approximate surface area is 92.8 Å². The maximum atomic E-state index is 2.41. The number of rotatable bonds is 3. The molecule has 64 valence electrons. The van der Waals surface area contributed by atoms with E-state index in [2.05, 4.69) is 66.0 Å². The molecule has 0 aromatic rings. The first-order valence-corrected chi connectivity index (χ1v) is 6.66. The van der Waals surface area contributed by atoms with Crippen LogP contribution >= 0.6 is 45.2 Å². The summed E-state index contributed by atoms with van der Waals surface area (Å²) in [6.07, 6.45) is 4.00. The van der Waals surface area contributed by atoms with Gasteiger partial charge in [-0.05, 0) is 17.3 Å². The van der Waals surface area contributed by atoms with E-state index in [0.29, 0.717) is 0 Å². The molecule has 0 aromatic heterocycles. The van der Waals surface area contributed by atoms with Crippen molar-refractivity contribution in [2.75, 3.05) is 4.43 Å². The van der Waals surface area contributed by atoms with Gasteiger partial charge in [-0.25, -0.2) is 0 Å². The number of hydrogen-bond acceptors (Lipinski definition) is 0. The lowest BCUT2D eigenvalue weighted by atomic mass is 10.4. The predicted octanol–water partition coefficient (Wildman–Crippen LogP) is 4.44. The van der Waals surface area contributed by atoms with Crippen molar-refractivity contribution in [1.29, 1.82) is 0 Å². The number of unbranched alkanes of at least 4 members (excludes halogenated alkanes) is 1. The van der Waals surface area contributed by atoms with Gasteiger partial charge < -0.3 is 0 Å². The van der Waals surface area contributed by atoms with E-state index in [9.17, 15) is 0 Å². The van der Waals surface area contributed by atoms with Crippen molar-refractivity contribution in [3.8, 4) is 0 Å². The molecule has 0 spiro atoms. The maximum Gasteiger partial charge on any atom is 0.00787 e. The van der Waals surface area contributed by atoms with Crippen LogP contribution in [-0.4, -0.2) is 8.35 Å². The Hall–Kier alpha value is 1.46. The molecule has 0 bridgehead atoms. The van der Waals surface area contributed by atoms with Crippen LogP contribution in [0.15, 0.2) is 0 Å². The third-order valence-electron chi connectivity index (χ3n) is 1.05. The average Bonchev–Trinajstić information content (AvgIpc) is 1.91. The predicted molar refractivity (Wildman–Crippen MR) is 67.6 cm³/mol. The fraction of sp³-hybridized carbons (Fsp3) is 1.00. The maximum absolute atomic E-state index is 2.41. The highest BCUT2D eigenvalue weighted by molar-refractivity contribution is 14.1. The van der Waals surface area contributed by atoms with Gasteiger partial charge in [-0.15, -0.1) is 0 Å². The van der Waals surface area contributed by atoms with Crippen molar-refractivity contribution in [1.82, 2.24) is 0 Å². The lowest BCUT2D eigenvalue weighted by molar-refractivity contribution is 0.907. The molecule has 0 saturated heterocycles. The highest BCUT2D eigenvalue weighted by Crippen LogP contribution is 2.00. The van der Waals surface area contributed by atoms with Crippen LogP contribution in [0, 0.1) is 0 Å². The zero-order valence-corrected chi connectivity index (χ0v) is 11.5. The number of alkyl halides is 2. The van der Waals surface area contributed by atoms with Gasteiger partial charge in [0.1, 0.15) is 0 Å². The van der Waals surface area contributed by atoms with Gasteiger partial charge in [-0.1, -0.05) is 72.4 Å². The second-order valence-corrected chi connectivity index (χ2v) is 5.44. The minimum atomic E-state index is 0.854. The fourth-order valence-electron chi connectivity index (χ4n) is 0.134. The first kappa shape index (κ1) is 14.0. The third kappa shape index (κ3) is 22.7. The Bertz CT molecular complexity index is 42.5. The van der Waals surface area contributed by atoms with Crippen LogP contribution in [0.25, 0.3) is 0 Å². The highest BCUT2D eigenvalue weighted by Gasteiger charge is 1.82. The Balaban J connectivity index is 0. The Kier molecular flexibility index (Phi) is 18.3. The SMILES string of the molecule is CCC(C)I.CCCCI. The van der Waals surface area contributed by atoms with Gasteiger partial charge >= 0.3 is 0 Å². The van der Waals surface area contributed by atoms with E-state index in [0.717, 1.165) is 3.92 Å². The monoisotopic (exact) mass is 368 g/mol. The second kappa shape index (κ2) is 13.1. The van der Waals surface area contributed by atoms with E-state index in [4.69, 9.17) is 0 Å². The second-order valence-electron chi connectivity index (χ2n) is 2.23. The molecule has 0 radical (unpaired) electrons. The quantitative estimate of drug-likeness (QED) is 0.511. The normalized spacial score (nSPS) is 11.7. The summed E-state index contributed by atoms with van der Waals surface area (Å²) in [6, 6.07) is 0. The van der Waals surface area contributed by atoms with E-state index in [1.54, 1.807) is 0 Å². The van der Waals surface area contributed by atoms with Crippen LogP contribution in [0.2, 0.25) is 0 Å². The summed E-state index contributed by atoms with van der Waals surface area (Å²) in [5.41, 5.74) is 0. The summed E-state index contributed by atoms with van der Waals surface area (Å²) in [7, 11) is 0. The molecule has 0 N–H and O–H groups in total. The van der Waals surface area contributed by atoms with Crippen molar-refractivity contribution < 1.29 is 0 Å². The first-order valence-electron chi connectivity index (χ1n) is 3.89. The van der Waals surface area contributed by atoms with Crippen LogP contribution in [0.3, 0.4) is 0 Å². The van der Waals surface area contributed by atoms with Crippen molar-refractivity contribution in [2.24, 2.45) is 0 Å². The molecule has 2 heteroatoms. The van der Waals surface area contributed by atoms with Gasteiger partial charge in [0.05, 0.1) is 0 Å². The topological polar surface area (TPSA) is 0 Å². The van der Waals surface area contributed by atoms with E-state index in [1.165, 1.54) is 23.7 Å². The zero-order chi connectivity index (χ0) is 8.41. The molecule has 0 aliphatic heterocycles. The van der Waals surface area contributed by atoms with Gasteiger partial charge in [0.2, 0.25) is 0 Å². The van der Waals surface area contributed by atoms with E-state index in [-0.39, 0.29) is 0 Å². The molecule has 0 saturated carbocycles. The lowest BCUT2D eigenvalue weighted by Gasteiger charge is -1.88. The van der Waals surface area contributed by atoms with Crippen molar-refractivity contribution in [2.45, 2.75) is 44.0 Å². The lowest BCUT2D eigenvalue weighted by Crippen LogP contribution is -1.79. The van der Waals surface area contributed by atoms with E-state index in [1.807, 2.05) is 0 Å². The smallest absolute Gasteiger partial charge is 0.00787 e. The van der Waals surface area contributed by atoms with Gasteiger partial charge in [-0.3, -0.25) is 0 Å². The van der Waals surface area contributed by atoms with Gasteiger partial charge in [0.25, 0.3) is 0 Å². The van der Waals surface area contributed by atoms with Crippen LogP contribution in [0.1, 0.15) is 40.0 Å². The van der Waals surface area contributed by atoms with E-state index < -0.39 is 0 Å². The first-order chi connectivity index (χ1) is 4.68. The standard InChI is InChI=1S/2C4H9I/c1-3-4(2)5;1-2-3-4-5/h4H,3H2,1-2H3;2-4H2,1H3. The Morgan fingerprint density at radius 3 is 1.70 bits per heavy atom. The van der Waals surface area contributed by atoms with Crippen molar-refractivity contribution >= 4 is 45.2 Å². The zero-order valence-electron chi connectivity index (χ0n) is 7.16. The third-order valence-corrected chi connectivity index (χ3v) is 2.69. The molecule has 1 unspecified atom stereocenters. The molecule has 10 heavy (non-hydrogen) atoms. The summed E-state index contributed by atoms with van der Waals surface area (Å²) >= 11 is 4.79. The van der Waals surface area contributed by atoms with Gasteiger partial charge in [0, 0.05) is 3.92 Å². The fourth-order valence-corrected chi connectivity index (χ4v) is 0.896. The summed E-state index contributed by atoms with van der Waals surface area (Å²) < 4.78 is 2.17. The molecule has 0 aliphatic rings. The van der Waals surface area contributed by atoms with Crippen LogP contribution < -0.4 is 0 Å². The van der Waals surface area contributed by atoms with Crippen LogP contribution in [0.5, 0.6) is 0 Å². The highest BCUT2D eigenvalue weighted by atomic mass is 127. The van der Waals surface area contributed by atoms with Crippen LogP contribution in [0.4, 0.5) is 0 Å². The van der Waals surface area contributed by atoms with Crippen LogP contribution in [-0.2, 0) is 0 Å². The van der Waals surface area contributed by atoms with Gasteiger partial charge in [-0.2, -0.15) is 0 Å². The number of halogens is 2. The molecule has 0 nitrogen and oxygen atoms in total. The molecule has 0 heterocycles. The summed E-state index contributed by atoms with van der Waals surface area (Å²) in [6.45, 7) is 6.61. The van der Waals surface area contributed by atoms with Gasteiger partial charge in [0.15, 0.2) is 0 Å². The molecular formula is C8H18I2. The minimum absolute atomic E-state index is 0.854. The summed E-state index contributed by atoms with van der Waals surface area (Å²) in [5, 5.41) is 0. The molecule has 1 atom stereocenters. The van der Waals surface area contributed by atoms with E-state index >= 15 is 0 Å². The van der Waals surface area contributed by atoms with Crippen molar-refractivity contribution in [3.05, 3.63) is 0 Å².